The van der Waals surface area contributed by atoms with Gasteiger partial charge in [-0.25, -0.2) is 4.79 Å². The van der Waals surface area contributed by atoms with E-state index >= 15 is 0 Å². The van der Waals surface area contributed by atoms with Crippen LogP contribution in [0, 0.1) is 6.92 Å². The van der Waals surface area contributed by atoms with Gasteiger partial charge in [0.05, 0.1) is 17.8 Å². The Hall–Kier alpha value is -1.13. The average molecular weight is 241 g/mol. The van der Waals surface area contributed by atoms with Gasteiger partial charge in [0.1, 0.15) is 0 Å². The second kappa shape index (κ2) is 4.16. The van der Waals surface area contributed by atoms with Crippen LogP contribution < -0.4 is 5.69 Å². The Morgan fingerprint density at radius 2 is 2.40 bits per heavy atom. The molecule has 0 aromatic carbocycles. The molecule has 3 nitrogen and oxygen atoms in total. The van der Waals surface area contributed by atoms with Crippen LogP contribution in [0.5, 0.6) is 0 Å². The van der Waals surface area contributed by atoms with Crippen LogP contribution in [-0.4, -0.2) is 9.55 Å². The van der Waals surface area contributed by atoms with Crippen molar-refractivity contribution in [2.24, 2.45) is 0 Å². The highest BCUT2D eigenvalue weighted by atomic mass is 35.5. The Bertz CT molecular complexity index is 519. The molecule has 0 fully saturated rings. The highest BCUT2D eigenvalue weighted by Crippen LogP contribution is 2.14. The fourth-order valence-electron chi connectivity index (χ4n) is 1.29. The molecule has 0 bridgehead atoms. The van der Waals surface area contributed by atoms with Crippen LogP contribution in [0.4, 0.5) is 0 Å². The third-order valence-corrected chi connectivity index (χ3v) is 3.40. The highest BCUT2D eigenvalue weighted by Gasteiger charge is 2.06. The minimum Gasteiger partial charge on any atom is -0.290 e. The first-order valence-electron chi connectivity index (χ1n) is 4.43. The largest absolute Gasteiger partial charge is 0.348 e. The number of thiophene rings is 1. The van der Waals surface area contributed by atoms with Gasteiger partial charge < -0.3 is 0 Å². The Morgan fingerprint density at radius 3 is 3.07 bits per heavy atom. The monoisotopic (exact) mass is 240 g/mol. The number of hydrogen-bond acceptors (Lipinski definition) is 3. The smallest absolute Gasteiger partial charge is 0.290 e. The summed E-state index contributed by atoms with van der Waals surface area (Å²) in [4.78, 5) is 16.3. The third-order valence-electron chi connectivity index (χ3n) is 2.16. The summed E-state index contributed by atoms with van der Waals surface area (Å²) >= 11 is 7.52. The van der Waals surface area contributed by atoms with Crippen molar-refractivity contribution in [1.29, 1.82) is 0 Å². The number of rotatable bonds is 2. The van der Waals surface area contributed by atoms with E-state index in [1.54, 1.807) is 15.9 Å². The zero-order valence-corrected chi connectivity index (χ0v) is 9.68. The molecular formula is C10H9ClN2OS. The number of hydrogen-bond donors (Lipinski definition) is 0. The van der Waals surface area contributed by atoms with E-state index in [9.17, 15) is 4.79 Å². The molecule has 0 aliphatic rings. The molecule has 0 amide bonds. The van der Waals surface area contributed by atoms with Crippen LogP contribution in [0.1, 0.15) is 10.6 Å². The summed E-state index contributed by atoms with van der Waals surface area (Å²) in [6, 6.07) is 3.94. The lowest BCUT2D eigenvalue weighted by molar-refractivity contribution is 0.708. The summed E-state index contributed by atoms with van der Waals surface area (Å²) in [7, 11) is 0. The van der Waals surface area contributed by atoms with Crippen LogP contribution in [0.15, 0.2) is 28.5 Å². The van der Waals surface area contributed by atoms with Crippen molar-refractivity contribution in [2.75, 3.05) is 0 Å². The van der Waals surface area contributed by atoms with Crippen LogP contribution >= 0.6 is 22.9 Å². The van der Waals surface area contributed by atoms with Crippen LogP contribution in [0.2, 0.25) is 5.02 Å². The van der Waals surface area contributed by atoms with Gasteiger partial charge >= 0.3 is 5.69 Å². The van der Waals surface area contributed by atoms with Crippen molar-refractivity contribution in [3.8, 4) is 0 Å². The van der Waals surface area contributed by atoms with E-state index in [1.165, 1.54) is 6.20 Å². The van der Waals surface area contributed by atoms with Crippen LogP contribution in [0.25, 0.3) is 0 Å². The molecule has 15 heavy (non-hydrogen) atoms. The molecular weight excluding hydrogens is 232 g/mol. The van der Waals surface area contributed by atoms with Crippen molar-refractivity contribution >= 4 is 22.9 Å². The van der Waals surface area contributed by atoms with Gasteiger partial charge in [-0.2, -0.15) is 4.98 Å². The lowest BCUT2D eigenvalue weighted by Gasteiger charge is -2.08. The first-order chi connectivity index (χ1) is 7.18. The Kier molecular flexibility index (Phi) is 2.88. The van der Waals surface area contributed by atoms with E-state index in [2.05, 4.69) is 4.98 Å². The molecule has 0 aliphatic heterocycles. The lowest BCUT2D eigenvalue weighted by atomic mass is 10.4. The first kappa shape index (κ1) is 10.4. The molecule has 78 valence electrons. The van der Waals surface area contributed by atoms with Crippen molar-refractivity contribution in [1.82, 2.24) is 9.55 Å². The summed E-state index contributed by atoms with van der Waals surface area (Å²) < 4.78 is 1.58. The van der Waals surface area contributed by atoms with Gasteiger partial charge in [-0.05, 0) is 18.4 Å². The predicted octanol–water partition coefficient (Wildman–Crippen LogP) is 2.31. The molecule has 0 unspecified atom stereocenters. The lowest BCUT2D eigenvalue weighted by Crippen LogP contribution is -2.24. The van der Waals surface area contributed by atoms with Crippen LogP contribution in [-0.2, 0) is 6.54 Å². The van der Waals surface area contributed by atoms with Gasteiger partial charge in [0, 0.05) is 10.6 Å². The zero-order valence-electron chi connectivity index (χ0n) is 8.11. The Labute approximate surface area is 96.0 Å². The van der Waals surface area contributed by atoms with Gasteiger partial charge in [0.25, 0.3) is 0 Å². The second-order valence-corrected chi connectivity index (χ2v) is 4.58. The van der Waals surface area contributed by atoms with E-state index in [0.717, 1.165) is 10.6 Å². The molecule has 0 saturated carbocycles. The van der Waals surface area contributed by atoms with Gasteiger partial charge in [-0.15, -0.1) is 11.3 Å². The molecule has 2 rings (SSSR count). The normalized spacial score (nSPS) is 10.5. The molecule has 0 N–H and O–H groups in total. The predicted molar refractivity (Wildman–Crippen MR) is 61.7 cm³/mol. The minimum absolute atomic E-state index is 0.259. The van der Waals surface area contributed by atoms with Crippen molar-refractivity contribution in [3.05, 3.63) is 49.8 Å². The summed E-state index contributed by atoms with van der Waals surface area (Å²) in [5.41, 5.74) is 0.496. The summed E-state index contributed by atoms with van der Waals surface area (Å²) in [5, 5.41) is 2.50. The average Bonchev–Trinajstić information content (AvgIpc) is 2.71. The molecule has 2 aromatic rings. The maximum absolute atomic E-state index is 11.5. The summed E-state index contributed by atoms with van der Waals surface area (Å²) in [5.74, 6) is 0. The standard InChI is InChI=1S/C10H9ClN2OS/c1-7-9(11)5-12-10(14)13(7)6-8-3-2-4-15-8/h2-5H,6H2,1H3. The molecule has 0 saturated heterocycles. The molecule has 0 radical (unpaired) electrons. The van der Waals surface area contributed by atoms with E-state index in [-0.39, 0.29) is 5.69 Å². The van der Waals surface area contributed by atoms with Gasteiger partial charge in [-0.1, -0.05) is 17.7 Å². The zero-order chi connectivity index (χ0) is 10.8. The summed E-state index contributed by atoms with van der Waals surface area (Å²) in [6.07, 6.45) is 1.39. The van der Waals surface area contributed by atoms with E-state index in [4.69, 9.17) is 11.6 Å². The van der Waals surface area contributed by atoms with Gasteiger partial charge in [0.2, 0.25) is 0 Å². The fraction of sp³-hybridized carbons (Fsp3) is 0.200. The van der Waals surface area contributed by atoms with E-state index in [1.807, 2.05) is 24.4 Å². The number of nitrogens with zero attached hydrogens (tertiary/aromatic N) is 2. The fourth-order valence-corrected chi connectivity index (χ4v) is 2.14. The maximum atomic E-state index is 11.5. The van der Waals surface area contributed by atoms with Crippen LogP contribution in [0.3, 0.4) is 0 Å². The minimum atomic E-state index is -0.259. The Balaban J connectivity index is 2.44. The number of aromatic nitrogens is 2. The topological polar surface area (TPSA) is 34.9 Å². The highest BCUT2D eigenvalue weighted by molar-refractivity contribution is 7.09. The quantitative estimate of drug-likeness (QED) is 0.808. The first-order valence-corrected chi connectivity index (χ1v) is 5.68. The van der Waals surface area contributed by atoms with E-state index < -0.39 is 0 Å². The van der Waals surface area contributed by atoms with E-state index in [0.29, 0.717) is 11.6 Å². The number of halogens is 1. The molecule has 0 aliphatic carbocycles. The maximum Gasteiger partial charge on any atom is 0.348 e. The van der Waals surface area contributed by atoms with Crippen molar-refractivity contribution < 1.29 is 0 Å². The molecule has 2 aromatic heterocycles. The SMILES string of the molecule is Cc1c(Cl)cnc(=O)n1Cc1cccs1. The van der Waals surface area contributed by atoms with Crippen molar-refractivity contribution in [3.63, 3.8) is 0 Å². The van der Waals surface area contributed by atoms with Gasteiger partial charge in [-0.3, -0.25) is 4.57 Å². The molecule has 0 atom stereocenters. The third kappa shape index (κ3) is 2.11. The molecule has 2 heterocycles. The second-order valence-electron chi connectivity index (χ2n) is 3.14. The summed E-state index contributed by atoms with van der Waals surface area (Å²) in [6.45, 7) is 2.36. The molecule has 5 heteroatoms. The molecule has 0 spiro atoms. The van der Waals surface area contributed by atoms with Gasteiger partial charge in [0.15, 0.2) is 0 Å². The Morgan fingerprint density at radius 1 is 1.60 bits per heavy atom. The van der Waals surface area contributed by atoms with Crippen molar-refractivity contribution in [2.45, 2.75) is 13.5 Å².